The molecule has 1 aliphatic heterocycles. The fourth-order valence-electron chi connectivity index (χ4n) is 4.70. The van der Waals surface area contributed by atoms with Crippen LogP contribution in [0.1, 0.15) is 64.9 Å². The van der Waals surface area contributed by atoms with Gasteiger partial charge in [-0.25, -0.2) is 0 Å². The van der Waals surface area contributed by atoms with Gasteiger partial charge in [-0.2, -0.15) is 0 Å². The van der Waals surface area contributed by atoms with E-state index in [9.17, 15) is 9.59 Å². The fraction of sp³-hybridized carbons (Fsp3) is 0.500. The Balaban J connectivity index is 1.91. The summed E-state index contributed by atoms with van der Waals surface area (Å²) < 4.78 is 5.31. The number of Topliss-reactive ketones (excluding diaryl/α,β-unsaturated/α-hetero) is 2. The van der Waals surface area contributed by atoms with Crippen LogP contribution in [0.15, 0.2) is 46.8 Å². The molecule has 2 aliphatic carbocycles. The summed E-state index contributed by atoms with van der Waals surface area (Å²) in [5.41, 5.74) is 3.76. The Morgan fingerprint density at radius 2 is 1.32 bits per heavy atom. The summed E-state index contributed by atoms with van der Waals surface area (Å²) in [5.74, 6) is 0.789. The molecule has 0 aromatic heterocycles. The average Bonchev–Trinajstić information content (AvgIpc) is 2.67. The standard InChI is InChI=1S/C24H29NO3/c1-23(2)12-10-16-19(21(23)26)18(14-6-8-15(28-5)9-7-14)20-17(25-16)11-13-24(3,4)22(20)27/h6-9,18,25H,10-13H2,1-5H3. The van der Waals surface area contributed by atoms with Gasteiger partial charge in [0.05, 0.1) is 7.11 Å². The number of allylic oxidation sites excluding steroid dienone is 4. The number of methoxy groups -OCH3 is 1. The third-order valence-corrected chi connectivity index (χ3v) is 6.70. The molecule has 4 nitrogen and oxygen atoms in total. The zero-order chi connectivity index (χ0) is 20.3. The Kier molecular flexibility index (Phi) is 4.29. The van der Waals surface area contributed by atoms with Crippen LogP contribution < -0.4 is 10.1 Å². The van der Waals surface area contributed by atoms with Crippen molar-refractivity contribution in [2.45, 2.75) is 59.3 Å². The van der Waals surface area contributed by atoms with E-state index in [0.29, 0.717) is 0 Å². The monoisotopic (exact) mass is 379 g/mol. The second kappa shape index (κ2) is 6.33. The topological polar surface area (TPSA) is 55.4 Å². The van der Waals surface area contributed by atoms with Gasteiger partial charge in [-0.3, -0.25) is 9.59 Å². The summed E-state index contributed by atoms with van der Waals surface area (Å²) >= 11 is 0. The molecule has 0 amide bonds. The number of rotatable bonds is 2. The van der Waals surface area contributed by atoms with Gasteiger partial charge in [0.15, 0.2) is 11.6 Å². The third kappa shape index (κ3) is 2.81. The largest absolute Gasteiger partial charge is 0.497 e. The predicted molar refractivity (Wildman–Crippen MR) is 109 cm³/mol. The van der Waals surface area contributed by atoms with Gasteiger partial charge in [-0.15, -0.1) is 0 Å². The highest BCUT2D eigenvalue weighted by molar-refractivity contribution is 6.09. The summed E-state index contributed by atoms with van der Waals surface area (Å²) in [5, 5.41) is 3.51. The van der Waals surface area contributed by atoms with Crippen molar-refractivity contribution in [3.8, 4) is 5.75 Å². The first kappa shape index (κ1) is 19.0. The summed E-state index contributed by atoms with van der Waals surface area (Å²) in [7, 11) is 1.64. The van der Waals surface area contributed by atoms with E-state index in [-0.39, 0.29) is 17.5 Å². The second-order valence-corrected chi connectivity index (χ2v) is 9.54. The lowest BCUT2D eigenvalue weighted by atomic mass is 9.62. The van der Waals surface area contributed by atoms with Gasteiger partial charge in [0.25, 0.3) is 0 Å². The van der Waals surface area contributed by atoms with E-state index in [0.717, 1.165) is 59.5 Å². The average molecular weight is 380 g/mol. The number of hydrogen-bond donors (Lipinski definition) is 1. The Hall–Kier alpha value is -2.36. The molecule has 1 aromatic rings. The van der Waals surface area contributed by atoms with E-state index >= 15 is 0 Å². The first-order chi connectivity index (χ1) is 13.2. The van der Waals surface area contributed by atoms with Crippen molar-refractivity contribution in [2.75, 3.05) is 7.11 Å². The maximum absolute atomic E-state index is 13.5. The molecule has 0 radical (unpaired) electrons. The number of ketones is 2. The minimum absolute atomic E-state index is 0.157. The van der Waals surface area contributed by atoms with E-state index in [4.69, 9.17) is 4.74 Å². The molecule has 0 bridgehead atoms. The normalized spacial score (nSPS) is 23.9. The molecule has 3 aliphatic rings. The quantitative estimate of drug-likeness (QED) is 0.811. The molecule has 0 fully saturated rings. The summed E-state index contributed by atoms with van der Waals surface area (Å²) in [6.07, 6.45) is 3.34. The Morgan fingerprint density at radius 3 is 1.75 bits per heavy atom. The molecule has 0 saturated carbocycles. The van der Waals surface area contributed by atoms with Gasteiger partial charge in [-0.05, 0) is 43.4 Å². The van der Waals surface area contributed by atoms with Crippen molar-refractivity contribution in [1.29, 1.82) is 0 Å². The van der Waals surface area contributed by atoms with Crippen molar-refractivity contribution in [3.63, 3.8) is 0 Å². The minimum atomic E-state index is -0.406. The number of dihydropyridines is 1. The molecule has 0 spiro atoms. The van der Waals surface area contributed by atoms with Crippen LogP contribution >= 0.6 is 0 Å². The molecular formula is C24H29NO3. The maximum Gasteiger partial charge on any atom is 0.167 e. The molecular weight excluding hydrogens is 350 g/mol. The van der Waals surface area contributed by atoms with Gasteiger partial charge >= 0.3 is 0 Å². The van der Waals surface area contributed by atoms with Crippen molar-refractivity contribution < 1.29 is 14.3 Å². The maximum atomic E-state index is 13.5. The molecule has 28 heavy (non-hydrogen) atoms. The molecule has 1 heterocycles. The zero-order valence-electron chi connectivity index (χ0n) is 17.4. The lowest BCUT2D eigenvalue weighted by Crippen LogP contribution is -2.44. The lowest BCUT2D eigenvalue weighted by Gasteiger charge is -2.44. The minimum Gasteiger partial charge on any atom is -0.497 e. The van der Waals surface area contributed by atoms with Gasteiger partial charge in [0.1, 0.15) is 5.75 Å². The highest BCUT2D eigenvalue weighted by Crippen LogP contribution is 2.51. The van der Waals surface area contributed by atoms with E-state index in [2.05, 4.69) is 5.32 Å². The molecule has 1 aromatic carbocycles. The van der Waals surface area contributed by atoms with Gasteiger partial charge in [0.2, 0.25) is 0 Å². The highest BCUT2D eigenvalue weighted by Gasteiger charge is 2.48. The third-order valence-electron chi connectivity index (χ3n) is 6.70. The van der Waals surface area contributed by atoms with E-state index in [1.807, 2.05) is 52.0 Å². The Labute approximate surface area is 167 Å². The van der Waals surface area contributed by atoms with Crippen LogP contribution in [-0.4, -0.2) is 18.7 Å². The van der Waals surface area contributed by atoms with Gasteiger partial charge < -0.3 is 10.1 Å². The number of hydrogen-bond acceptors (Lipinski definition) is 4. The number of benzene rings is 1. The van der Waals surface area contributed by atoms with Crippen LogP contribution in [0.3, 0.4) is 0 Å². The van der Waals surface area contributed by atoms with E-state index in [1.54, 1.807) is 7.11 Å². The summed E-state index contributed by atoms with van der Waals surface area (Å²) in [4.78, 5) is 26.9. The highest BCUT2D eigenvalue weighted by atomic mass is 16.5. The van der Waals surface area contributed by atoms with E-state index < -0.39 is 10.8 Å². The van der Waals surface area contributed by atoms with Crippen LogP contribution in [0.2, 0.25) is 0 Å². The molecule has 1 N–H and O–H groups in total. The first-order valence-electron chi connectivity index (χ1n) is 10.1. The van der Waals surface area contributed by atoms with Crippen molar-refractivity contribution in [1.82, 2.24) is 5.32 Å². The number of nitrogens with one attached hydrogen (secondary N) is 1. The molecule has 4 heteroatoms. The summed E-state index contributed by atoms with van der Waals surface area (Å²) in [6, 6.07) is 7.81. The van der Waals surface area contributed by atoms with Crippen molar-refractivity contribution in [3.05, 3.63) is 52.4 Å². The zero-order valence-corrected chi connectivity index (χ0v) is 17.4. The van der Waals surface area contributed by atoms with Gasteiger partial charge in [0, 0.05) is 39.3 Å². The number of carbonyl (C=O) groups excluding carboxylic acids is 2. The van der Waals surface area contributed by atoms with Crippen LogP contribution in [0.5, 0.6) is 5.75 Å². The molecule has 0 unspecified atom stereocenters. The van der Waals surface area contributed by atoms with Crippen LogP contribution in [0, 0.1) is 10.8 Å². The first-order valence-corrected chi connectivity index (χ1v) is 10.1. The van der Waals surface area contributed by atoms with Crippen molar-refractivity contribution in [2.24, 2.45) is 10.8 Å². The Bertz CT molecular complexity index is 864. The Morgan fingerprint density at radius 1 is 0.857 bits per heavy atom. The fourth-order valence-corrected chi connectivity index (χ4v) is 4.70. The lowest BCUT2D eigenvalue weighted by molar-refractivity contribution is -0.125. The molecule has 148 valence electrons. The van der Waals surface area contributed by atoms with Gasteiger partial charge in [-0.1, -0.05) is 39.8 Å². The van der Waals surface area contributed by atoms with Crippen LogP contribution in [-0.2, 0) is 9.59 Å². The predicted octanol–water partition coefficient (Wildman–Crippen LogP) is 4.67. The van der Waals surface area contributed by atoms with E-state index in [1.165, 1.54) is 0 Å². The number of ether oxygens (including phenoxy) is 1. The number of carbonyl (C=O) groups is 2. The SMILES string of the molecule is COc1ccc(C2C3=C(CCC(C)(C)C3=O)NC3=C2C(=O)C(C)(C)CC3)cc1. The van der Waals surface area contributed by atoms with Crippen LogP contribution in [0.4, 0.5) is 0 Å². The summed E-state index contributed by atoms with van der Waals surface area (Å²) in [6.45, 7) is 8.06. The smallest absolute Gasteiger partial charge is 0.167 e. The van der Waals surface area contributed by atoms with Crippen LogP contribution in [0.25, 0.3) is 0 Å². The molecule has 0 saturated heterocycles. The molecule has 0 atom stereocenters. The van der Waals surface area contributed by atoms with Crippen molar-refractivity contribution >= 4 is 11.6 Å². The second-order valence-electron chi connectivity index (χ2n) is 9.54. The molecule has 4 rings (SSSR count).